The lowest BCUT2D eigenvalue weighted by Crippen LogP contribution is -2.14. The van der Waals surface area contributed by atoms with Crippen LogP contribution in [0.3, 0.4) is 0 Å². The van der Waals surface area contributed by atoms with Gasteiger partial charge in [0.1, 0.15) is 17.0 Å². The minimum absolute atomic E-state index is 0.248. The molecule has 0 unspecified atom stereocenters. The van der Waals surface area contributed by atoms with Gasteiger partial charge in [-0.25, -0.2) is 4.98 Å². The molecular weight excluding hydrogens is 410 g/mol. The van der Waals surface area contributed by atoms with E-state index in [0.717, 1.165) is 0 Å². The molecule has 0 saturated carbocycles. The van der Waals surface area contributed by atoms with E-state index < -0.39 is 5.60 Å². The van der Waals surface area contributed by atoms with Crippen LogP contribution in [0.5, 0.6) is 23.0 Å². The minimum atomic E-state index is -1.16. The van der Waals surface area contributed by atoms with Crippen LogP contribution in [0.1, 0.15) is 35.5 Å². The Balaban J connectivity index is 2.11. The lowest BCUT2D eigenvalue weighted by Gasteiger charge is -2.14. The van der Waals surface area contributed by atoms with Gasteiger partial charge in [-0.1, -0.05) is 11.8 Å². The molecule has 32 heavy (non-hydrogen) atoms. The summed E-state index contributed by atoms with van der Waals surface area (Å²) in [4.78, 5) is 17.7. The predicted octanol–water partition coefficient (Wildman–Crippen LogP) is 3.62. The highest BCUT2D eigenvalue weighted by atomic mass is 16.5. The number of fused-ring (bicyclic) bond motifs is 1. The van der Waals surface area contributed by atoms with Gasteiger partial charge in [0.05, 0.1) is 39.5 Å². The monoisotopic (exact) mass is 435 g/mol. The van der Waals surface area contributed by atoms with Gasteiger partial charge in [0.2, 0.25) is 11.5 Å². The quantitative estimate of drug-likeness (QED) is 0.467. The first kappa shape index (κ1) is 22.9. The second-order valence-corrected chi connectivity index (χ2v) is 7.46. The molecular formula is C25H25NO6. The first-order valence-corrected chi connectivity index (χ1v) is 9.80. The highest BCUT2D eigenvalue weighted by Gasteiger charge is 2.20. The van der Waals surface area contributed by atoms with Gasteiger partial charge < -0.3 is 24.1 Å². The van der Waals surface area contributed by atoms with Crippen molar-refractivity contribution >= 4 is 16.7 Å². The van der Waals surface area contributed by atoms with E-state index >= 15 is 0 Å². The minimum Gasteiger partial charge on any atom is -0.495 e. The van der Waals surface area contributed by atoms with Crippen LogP contribution in [0.2, 0.25) is 0 Å². The van der Waals surface area contributed by atoms with Crippen molar-refractivity contribution in [3.8, 4) is 34.8 Å². The number of pyridine rings is 1. The van der Waals surface area contributed by atoms with Gasteiger partial charge in [-0.05, 0) is 50.2 Å². The van der Waals surface area contributed by atoms with Gasteiger partial charge in [-0.3, -0.25) is 4.79 Å². The number of rotatable bonds is 6. The third-order valence-corrected chi connectivity index (χ3v) is 4.71. The molecule has 0 spiro atoms. The van der Waals surface area contributed by atoms with Crippen molar-refractivity contribution in [2.45, 2.75) is 19.4 Å². The van der Waals surface area contributed by atoms with E-state index in [1.165, 1.54) is 21.3 Å². The molecule has 0 saturated heterocycles. The summed E-state index contributed by atoms with van der Waals surface area (Å²) in [5.41, 5.74) is 0.596. The normalized spacial score (nSPS) is 10.8. The number of nitrogens with zero attached hydrogens (tertiary/aromatic N) is 1. The number of carbonyl (C=O) groups is 1. The molecule has 3 rings (SSSR count). The van der Waals surface area contributed by atoms with Crippen LogP contribution in [0.25, 0.3) is 10.9 Å². The zero-order valence-electron chi connectivity index (χ0n) is 18.9. The molecule has 7 heteroatoms. The lowest BCUT2D eigenvalue weighted by molar-refractivity contribution is 0.103. The summed E-state index contributed by atoms with van der Waals surface area (Å²) in [7, 11) is 6.03. The standard InChI is InChI=1S/C25H25NO6/c1-25(2,28)12-11-17-16-7-8-19(26-18(16)9-10-20(17)29-3)23(27)15-13-21(30-4)24(32-6)22(14-15)31-5/h7-10,13-14,28H,1-6H3. The number of benzene rings is 2. The molecule has 0 radical (unpaired) electrons. The Morgan fingerprint density at radius 1 is 0.906 bits per heavy atom. The fourth-order valence-electron chi connectivity index (χ4n) is 3.19. The summed E-state index contributed by atoms with van der Waals surface area (Å²) < 4.78 is 21.4. The summed E-state index contributed by atoms with van der Waals surface area (Å²) >= 11 is 0. The molecule has 0 aliphatic heterocycles. The Bertz CT molecular complexity index is 1210. The maximum atomic E-state index is 13.2. The molecule has 0 atom stereocenters. The molecule has 0 fully saturated rings. The number of aliphatic hydroxyl groups is 1. The molecule has 166 valence electrons. The smallest absolute Gasteiger partial charge is 0.211 e. The fourth-order valence-corrected chi connectivity index (χ4v) is 3.19. The van der Waals surface area contributed by atoms with Crippen molar-refractivity contribution < 1.29 is 28.8 Å². The van der Waals surface area contributed by atoms with E-state index in [-0.39, 0.29) is 11.5 Å². The Morgan fingerprint density at radius 3 is 2.06 bits per heavy atom. The number of carbonyl (C=O) groups excluding carboxylic acids is 1. The Labute approximate surface area is 186 Å². The first-order valence-electron chi connectivity index (χ1n) is 9.80. The summed E-state index contributed by atoms with van der Waals surface area (Å²) in [6, 6.07) is 10.1. The zero-order chi connectivity index (χ0) is 23.5. The van der Waals surface area contributed by atoms with Crippen LogP contribution in [0.4, 0.5) is 0 Å². The van der Waals surface area contributed by atoms with Crippen molar-refractivity contribution in [1.29, 1.82) is 0 Å². The zero-order valence-corrected chi connectivity index (χ0v) is 18.9. The van der Waals surface area contributed by atoms with Crippen molar-refractivity contribution in [2.24, 2.45) is 0 Å². The first-order chi connectivity index (χ1) is 15.2. The Morgan fingerprint density at radius 2 is 1.53 bits per heavy atom. The fraction of sp³-hybridized carbons (Fsp3) is 0.280. The SMILES string of the molecule is COc1cc(C(=O)c2ccc3c(C#CC(C)(C)O)c(OC)ccc3n2)cc(OC)c1OC. The molecule has 1 aromatic heterocycles. The summed E-state index contributed by atoms with van der Waals surface area (Å²) in [6.07, 6.45) is 0. The molecule has 1 heterocycles. The second-order valence-electron chi connectivity index (χ2n) is 7.46. The molecule has 0 amide bonds. The van der Waals surface area contributed by atoms with E-state index in [2.05, 4.69) is 16.8 Å². The average molecular weight is 435 g/mol. The van der Waals surface area contributed by atoms with E-state index in [9.17, 15) is 9.90 Å². The van der Waals surface area contributed by atoms with E-state index in [0.29, 0.717) is 45.0 Å². The largest absolute Gasteiger partial charge is 0.495 e. The van der Waals surface area contributed by atoms with Gasteiger partial charge >= 0.3 is 0 Å². The summed E-state index contributed by atoms with van der Waals surface area (Å²) in [5.74, 6) is 7.19. The highest BCUT2D eigenvalue weighted by Crippen LogP contribution is 2.38. The summed E-state index contributed by atoms with van der Waals surface area (Å²) in [6.45, 7) is 3.20. The topological polar surface area (TPSA) is 87.1 Å². The van der Waals surface area contributed by atoms with Crippen LogP contribution in [0, 0.1) is 11.8 Å². The van der Waals surface area contributed by atoms with Crippen LogP contribution >= 0.6 is 0 Å². The number of ketones is 1. The molecule has 0 aliphatic rings. The Hall–Kier alpha value is -3.76. The lowest BCUT2D eigenvalue weighted by atomic mass is 10.0. The highest BCUT2D eigenvalue weighted by molar-refractivity contribution is 6.09. The summed E-state index contributed by atoms with van der Waals surface area (Å²) in [5, 5.41) is 10.7. The van der Waals surface area contributed by atoms with Crippen molar-refractivity contribution in [1.82, 2.24) is 4.98 Å². The number of ether oxygens (including phenoxy) is 4. The predicted molar refractivity (Wildman–Crippen MR) is 121 cm³/mol. The average Bonchev–Trinajstić information content (AvgIpc) is 2.79. The van der Waals surface area contributed by atoms with E-state index in [1.54, 1.807) is 57.4 Å². The maximum absolute atomic E-state index is 13.2. The molecule has 0 bridgehead atoms. The molecule has 7 nitrogen and oxygen atoms in total. The van der Waals surface area contributed by atoms with Crippen LogP contribution in [-0.2, 0) is 0 Å². The molecule has 1 N–H and O–H groups in total. The van der Waals surface area contributed by atoms with Crippen LogP contribution in [0.15, 0.2) is 36.4 Å². The van der Waals surface area contributed by atoms with Gasteiger partial charge in [0.25, 0.3) is 0 Å². The van der Waals surface area contributed by atoms with Gasteiger partial charge in [0, 0.05) is 10.9 Å². The van der Waals surface area contributed by atoms with E-state index in [1.807, 2.05) is 0 Å². The van der Waals surface area contributed by atoms with E-state index in [4.69, 9.17) is 18.9 Å². The number of hydrogen-bond donors (Lipinski definition) is 1. The second kappa shape index (κ2) is 9.16. The van der Waals surface area contributed by atoms with Crippen molar-refractivity contribution in [2.75, 3.05) is 28.4 Å². The number of aromatic nitrogens is 1. The third-order valence-electron chi connectivity index (χ3n) is 4.71. The van der Waals surface area contributed by atoms with Crippen LogP contribution < -0.4 is 18.9 Å². The molecule has 2 aromatic carbocycles. The van der Waals surface area contributed by atoms with Crippen molar-refractivity contribution in [3.05, 3.63) is 53.2 Å². The van der Waals surface area contributed by atoms with Crippen LogP contribution in [-0.4, -0.2) is 49.9 Å². The molecule has 0 aliphatic carbocycles. The van der Waals surface area contributed by atoms with Gasteiger partial charge in [-0.2, -0.15) is 0 Å². The third kappa shape index (κ3) is 4.61. The van der Waals surface area contributed by atoms with Gasteiger partial charge in [0.15, 0.2) is 11.5 Å². The maximum Gasteiger partial charge on any atom is 0.211 e. The number of hydrogen-bond acceptors (Lipinski definition) is 7. The number of methoxy groups -OCH3 is 4. The molecule has 3 aromatic rings. The Kier molecular flexibility index (Phi) is 6.56. The van der Waals surface area contributed by atoms with Gasteiger partial charge in [-0.15, -0.1) is 0 Å². The van der Waals surface area contributed by atoms with Crippen molar-refractivity contribution in [3.63, 3.8) is 0 Å².